The zero-order valence-corrected chi connectivity index (χ0v) is 7.23. The van der Waals surface area contributed by atoms with Gasteiger partial charge >= 0.3 is 0 Å². The number of hydrogen-bond donors (Lipinski definition) is 1. The lowest BCUT2D eigenvalue weighted by atomic mass is 10.2. The molecule has 0 aliphatic carbocycles. The molecule has 0 radical (unpaired) electrons. The Labute approximate surface area is 77.5 Å². The number of halogens is 1. The van der Waals surface area contributed by atoms with Gasteiger partial charge in [0.1, 0.15) is 17.6 Å². The molecular formula is C9H4FNOS. The van der Waals surface area contributed by atoms with E-state index >= 15 is 0 Å². The van der Waals surface area contributed by atoms with Crippen LogP contribution in [0, 0.1) is 17.1 Å². The zero-order chi connectivity index (χ0) is 9.42. The SMILES string of the molecule is N#Cc1csc2c(O)ccc(F)c12. The number of benzene rings is 1. The third-order valence-electron chi connectivity index (χ3n) is 1.77. The maximum atomic E-state index is 13.2. The molecule has 0 saturated carbocycles. The Morgan fingerprint density at radius 1 is 1.46 bits per heavy atom. The number of aromatic hydroxyl groups is 1. The van der Waals surface area contributed by atoms with Crippen molar-refractivity contribution in [2.75, 3.05) is 0 Å². The molecule has 0 spiro atoms. The number of hydrogen-bond acceptors (Lipinski definition) is 3. The second-order valence-electron chi connectivity index (χ2n) is 2.53. The first-order valence-corrected chi connectivity index (χ1v) is 4.41. The quantitative estimate of drug-likeness (QED) is 0.698. The molecule has 0 aliphatic rings. The molecule has 0 saturated heterocycles. The number of thiophene rings is 1. The molecule has 4 heteroatoms. The summed E-state index contributed by atoms with van der Waals surface area (Å²) in [6, 6.07) is 4.32. The molecular weight excluding hydrogens is 189 g/mol. The summed E-state index contributed by atoms with van der Waals surface area (Å²) in [7, 11) is 0. The minimum absolute atomic E-state index is 0.0166. The molecule has 0 unspecified atom stereocenters. The molecule has 0 amide bonds. The van der Waals surface area contributed by atoms with Gasteiger partial charge < -0.3 is 5.11 Å². The summed E-state index contributed by atoms with van der Waals surface area (Å²) in [5, 5.41) is 19.7. The van der Waals surface area contributed by atoms with E-state index in [0.29, 0.717) is 4.70 Å². The van der Waals surface area contributed by atoms with E-state index in [9.17, 15) is 9.50 Å². The Balaban J connectivity index is 2.98. The summed E-state index contributed by atoms with van der Waals surface area (Å²) in [6.45, 7) is 0. The smallest absolute Gasteiger partial charge is 0.133 e. The summed E-state index contributed by atoms with van der Waals surface area (Å²) in [5.74, 6) is -0.450. The summed E-state index contributed by atoms with van der Waals surface area (Å²) >= 11 is 1.17. The van der Waals surface area contributed by atoms with Crippen LogP contribution in [0.5, 0.6) is 5.75 Å². The van der Waals surface area contributed by atoms with Crippen LogP contribution in [0.1, 0.15) is 5.56 Å². The van der Waals surface area contributed by atoms with Crippen LogP contribution in [-0.4, -0.2) is 5.11 Å². The highest BCUT2D eigenvalue weighted by molar-refractivity contribution is 7.17. The van der Waals surface area contributed by atoms with Gasteiger partial charge in [-0.3, -0.25) is 0 Å². The van der Waals surface area contributed by atoms with Crippen LogP contribution in [0.25, 0.3) is 10.1 Å². The van der Waals surface area contributed by atoms with Crippen LogP contribution < -0.4 is 0 Å². The molecule has 64 valence electrons. The fraction of sp³-hybridized carbons (Fsp3) is 0. The van der Waals surface area contributed by atoms with Crippen molar-refractivity contribution in [2.45, 2.75) is 0 Å². The van der Waals surface area contributed by atoms with Gasteiger partial charge in [0.2, 0.25) is 0 Å². The summed E-state index contributed by atoms with van der Waals surface area (Å²) < 4.78 is 13.6. The molecule has 1 heterocycles. The number of phenolic OH excluding ortho intramolecular Hbond substituents is 1. The van der Waals surface area contributed by atoms with Crippen molar-refractivity contribution in [3.8, 4) is 11.8 Å². The van der Waals surface area contributed by atoms with E-state index in [1.807, 2.05) is 6.07 Å². The van der Waals surface area contributed by atoms with Gasteiger partial charge in [0.25, 0.3) is 0 Å². The molecule has 0 bridgehead atoms. The molecule has 1 aromatic carbocycles. The highest BCUT2D eigenvalue weighted by atomic mass is 32.1. The van der Waals surface area contributed by atoms with E-state index in [-0.39, 0.29) is 16.7 Å². The second kappa shape index (κ2) is 2.71. The van der Waals surface area contributed by atoms with Crippen LogP contribution in [0.2, 0.25) is 0 Å². The molecule has 1 N–H and O–H groups in total. The van der Waals surface area contributed by atoms with Gasteiger partial charge in [-0.1, -0.05) is 0 Å². The summed E-state index contributed by atoms with van der Waals surface area (Å²) in [6.07, 6.45) is 0. The minimum atomic E-state index is -0.467. The molecule has 0 atom stereocenters. The first-order valence-electron chi connectivity index (χ1n) is 3.53. The predicted octanol–water partition coefficient (Wildman–Crippen LogP) is 2.62. The number of fused-ring (bicyclic) bond motifs is 1. The Hall–Kier alpha value is -1.60. The third-order valence-corrected chi connectivity index (χ3v) is 2.77. The van der Waals surface area contributed by atoms with Gasteiger partial charge in [-0.2, -0.15) is 5.26 Å². The minimum Gasteiger partial charge on any atom is -0.506 e. The van der Waals surface area contributed by atoms with Crippen molar-refractivity contribution in [3.05, 3.63) is 28.9 Å². The topological polar surface area (TPSA) is 44.0 Å². The van der Waals surface area contributed by atoms with E-state index < -0.39 is 5.82 Å². The first kappa shape index (κ1) is 8.02. The van der Waals surface area contributed by atoms with E-state index in [4.69, 9.17) is 5.26 Å². The lowest BCUT2D eigenvalue weighted by Gasteiger charge is -1.95. The molecule has 0 aliphatic heterocycles. The van der Waals surface area contributed by atoms with Crippen LogP contribution in [-0.2, 0) is 0 Å². The van der Waals surface area contributed by atoms with Gasteiger partial charge in [-0.05, 0) is 12.1 Å². The Morgan fingerprint density at radius 2 is 2.23 bits per heavy atom. The summed E-state index contributed by atoms with van der Waals surface area (Å²) in [4.78, 5) is 0. The largest absolute Gasteiger partial charge is 0.506 e. The number of rotatable bonds is 0. The highest BCUT2D eigenvalue weighted by Crippen LogP contribution is 2.34. The van der Waals surface area contributed by atoms with Crippen LogP contribution >= 0.6 is 11.3 Å². The van der Waals surface area contributed by atoms with Gasteiger partial charge in [-0.25, -0.2) is 4.39 Å². The van der Waals surface area contributed by atoms with Gasteiger partial charge in [0.05, 0.1) is 10.3 Å². The second-order valence-corrected chi connectivity index (χ2v) is 3.41. The molecule has 13 heavy (non-hydrogen) atoms. The van der Waals surface area contributed by atoms with Gasteiger partial charge in [0, 0.05) is 10.8 Å². The van der Waals surface area contributed by atoms with E-state index in [1.165, 1.54) is 22.8 Å². The lowest BCUT2D eigenvalue weighted by Crippen LogP contribution is -1.77. The van der Waals surface area contributed by atoms with Crippen molar-refractivity contribution in [1.29, 1.82) is 5.26 Å². The first-order chi connectivity index (χ1) is 6.24. The van der Waals surface area contributed by atoms with Crippen molar-refractivity contribution in [1.82, 2.24) is 0 Å². The van der Waals surface area contributed by atoms with E-state index in [0.717, 1.165) is 6.07 Å². The van der Waals surface area contributed by atoms with E-state index in [1.54, 1.807) is 0 Å². The Kier molecular flexibility index (Phi) is 1.67. The van der Waals surface area contributed by atoms with Crippen LogP contribution in [0.15, 0.2) is 17.5 Å². The maximum Gasteiger partial charge on any atom is 0.133 e. The molecule has 2 nitrogen and oxygen atoms in total. The maximum absolute atomic E-state index is 13.2. The van der Waals surface area contributed by atoms with Crippen LogP contribution in [0.3, 0.4) is 0 Å². The highest BCUT2D eigenvalue weighted by Gasteiger charge is 2.11. The van der Waals surface area contributed by atoms with Crippen molar-refractivity contribution < 1.29 is 9.50 Å². The molecule has 1 aromatic heterocycles. The number of nitriles is 1. The average molecular weight is 193 g/mol. The molecule has 2 aromatic rings. The summed E-state index contributed by atoms with van der Waals surface area (Å²) in [5.41, 5.74) is 0.272. The third kappa shape index (κ3) is 1.05. The molecule has 0 fully saturated rings. The van der Waals surface area contributed by atoms with Gasteiger partial charge in [0.15, 0.2) is 0 Å². The predicted molar refractivity (Wildman–Crippen MR) is 48.2 cm³/mol. The van der Waals surface area contributed by atoms with Crippen molar-refractivity contribution >= 4 is 21.4 Å². The lowest BCUT2D eigenvalue weighted by molar-refractivity contribution is 0.481. The van der Waals surface area contributed by atoms with Gasteiger partial charge in [-0.15, -0.1) is 11.3 Å². The number of phenols is 1. The fourth-order valence-electron chi connectivity index (χ4n) is 1.18. The van der Waals surface area contributed by atoms with Crippen molar-refractivity contribution in [2.24, 2.45) is 0 Å². The Bertz CT molecular complexity index is 512. The number of nitrogens with zero attached hydrogens (tertiary/aromatic N) is 1. The fourth-order valence-corrected chi connectivity index (χ4v) is 2.10. The average Bonchev–Trinajstić information content (AvgIpc) is 2.56. The monoisotopic (exact) mass is 193 g/mol. The normalized spacial score (nSPS) is 10.2. The Morgan fingerprint density at radius 3 is 2.92 bits per heavy atom. The zero-order valence-electron chi connectivity index (χ0n) is 6.41. The van der Waals surface area contributed by atoms with E-state index in [2.05, 4.69) is 0 Å². The van der Waals surface area contributed by atoms with Crippen LogP contribution in [0.4, 0.5) is 4.39 Å². The standard InChI is InChI=1S/C9H4FNOS/c10-6-1-2-7(12)9-8(6)5(3-11)4-13-9/h1-2,4,12H. The molecule has 2 rings (SSSR count). The van der Waals surface area contributed by atoms with Crippen molar-refractivity contribution in [3.63, 3.8) is 0 Å².